The van der Waals surface area contributed by atoms with Crippen LogP contribution < -0.4 is 0 Å². The van der Waals surface area contributed by atoms with Gasteiger partial charge in [0.05, 0.1) is 6.10 Å². The number of pyridine rings is 1. The van der Waals surface area contributed by atoms with E-state index in [0.29, 0.717) is 18.8 Å². The molecule has 0 saturated heterocycles. The lowest BCUT2D eigenvalue weighted by Crippen LogP contribution is -2.14. The first-order chi connectivity index (χ1) is 9.15. The molecular formula is C17H21NO. The van der Waals surface area contributed by atoms with E-state index < -0.39 is 0 Å². The Morgan fingerprint density at radius 3 is 2.32 bits per heavy atom. The first-order valence-electron chi connectivity index (χ1n) is 6.82. The molecule has 1 aromatic carbocycles. The molecule has 2 nitrogen and oxygen atoms in total. The summed E-state index contributed by atoms with van der Waals surface area (Å²) < 4.78 is 0. The summed E-state index contributed by atoms with van der Waals surface area (Å²) in [6.07, 6.45) is 2.67. The van der Waals surface area contributed by atoms with Gasteiger partial charge in [-0.25, -0.2) is 0 Å². The van der Waals surface area contributed by atoms with Crippen LogP contribution in [0.2, 0.25) is 0 Å². The van der Waals surface area contributed by atoms with E-state index in [9.17, 15) is 5.11 Å². The Labute approximate surface area is 115 Å². The second-order valence-corrected chi connectivity index (χ2v) is 5.28. The largest absolute Gasteiger partial charge is 0.392 e. The number of aliphatic hydroxyl groups excluding tert-OH is 1. The molecule has 0 aliphatic heterocycles. The van der Waals surface area contributed by atoms with Crippen molar-refractivity contribution < 1.29 is 5.11 Å². The summed E-state index contributed by atoms with van der Waals surface area (Å²) in [5.41, 5.74) is 3.45. The molecule has 0 aliphatic carbocycles. The van der Waals surface area contributed by atoms with Crippen molar-refractivity contribution >= 4 is 0 Å². The van der Waals surface area contributed by atoms with Crippen molar-refractivity contribution in [1.82, 2.24) is 4.98 Å². The summed E-state index contributed by atoms with van der Waals surface area (Å²) >= 11 is 0. The molecule has 0 bridgehead atoms. The third kappa shape index (κ3) is 4.18. The van der Waals surface area contributed by atoms with Crippen molar-refractivity contribution in [3.8, 4) is 0 Å². The zero-order chi connectivity index (χ0) is 13.7. The van der Waals surface area contributed by atoms with Crippen LogP contribution in [-0.4, -0.2) is 16.2 Å². The standard InChI is InChI=1S/C17H21NO/c1-13(2)15-8-6-14(7-9-15)11-17(19)12-16-5-3-4-10-18-16/h3-10,13,17,19H,11-12H2,1-2H3. The van der Waals surface area contributed by atoms with Gasteiger partial charge in [-0.3, -0.25) is 4.98 Å². The summed E-state index contributed by atoms with van der Waals surface area (Å²) in [5, 5.41) is 10.1. The molecule has 0 fully saturated rings. The summed E-state index contributed by atoms with van der Waals surface area (Å²) in [6, 6.07) is 14.3. The normalized spacial score (nSPS) is 12.6. The van der Waals surface area contributed by atoms with E-state index >= 15 is 0 Å². The predicted molar refractivity (Wildman–Crippen MR) is 78.2 cm³/mol. The summed E-state index contributed by atoms with van der Waals surface area (Å²) in [6.45, 7) is 4.37. The highest BCUT2D eigenvalue weighted by Crippen LogP contribution is 2.16. The molecule has 1 heterocycles. The molecule has 0 saturated carbocycles. The number of nitrogens with zero attached hydrogens (tertiary/aromatic N) is 1. The maximum absolute atomic E-state index is 10.1. The van der Waals surface area contributed by atoms with Crippen LogP contribution in [0.4, 0.5) is 0 Å². The van der Waals surface area contributed by atoms with Gasteiger partial charge >= 0.3 is 0 Å². The molecule has 0 aliphatic rings. The van der Waals surface area contributed by atoms with E-state index in [4.69, 9.17) is 0 Å². The van der Waals surface area contributed by atoms with Crippen molar-refractivity contribution in [2.45, 2.75) is 38.7 Å². The van der Waals surface area contributed by atoms with Gasteiger partial charge in [0, 0.05) is 18.3 Å². The average molecular weight is 255 g/mol. The van der Waals surface area contributed by atoms with Crippen LogP contribution in [0, 0.1) is 0 Å². The maximum Gasteiger partial charge on any atom is 0.0635 e. The highest BCUT2D eigenvalue weighted by atomic mass is 16.3. The fourth-order valence-electron chi connectivity index (χ4n) is 2.14. The fraction of sp³-hybridized carbons (Fsp3) is 0.353. The summed E-state index contributed by atoms with van der Waals surface area (Å²) in [4.78, 5) is 4.24. The second kappa shape index (κ2) is 6.48. The van der Waals surface area contributed by atoms with Gasteiger partial charge in [-0.05, 0) is 35.6 Å². The number of hydrogen-bond acceptors (Lipinski definition) is 2. The first-order valence-corrected chi connectivity index (χ1v) is 6.82. The van der Waals surface area contributed by atoms with Gasteiger partial charge in [-0.15, -0.1) is 0 Å². The molecule has 0 spiro atoms. The zero-order valence-electron chi connectivity index (χ0n) is 11.6. The Kier molecular flexibility index (Phi) is 4.69. The first kappa shape index (κ1) is 13.8. The SMILES string of the molecule is CC(C)c1ccc(CC(O)Cc2ccccn2)cc1. The smallest absolute Gasteiger partial charge is 0.0635 e. The second-order valence-electron chi connectivity index (χ2n) is 5.28. The van der Waals surface area contributed by atoms with Crippen LogP contribution >= 0.6 is 0 Å². The number of aromatic nitrogens is 1. The van der Waals surface area contributed by atoms with Gasteiger partial charge < -0.3 is 5.11 Å². The molecule has 1 aromatic heterocycles. The van der Waals surface area contributed by atoms with Crippen molar-refractivity contribution in [2.24, 2.45) is 0 Å². The van der Waals surface area contributed by atoms with Crippen LogP contribution in [-0.2, 0) is 12.8 Å². The molecule has 0 amide bonds. The lowest BCUT2D eigenvalue weighted by Gasteiger charge is -2.11. The Balaban J connectivity index is 1.93. The van der Waals surface area contributed by atoms with E-state index in [1.807, 2.05) is 18.2 Å². The molecule has 100 valence electrons. The lowest BCUT2D eigenvalue weighted by molar-refractivity contribution is 0.174. The molecule has 1 atom stereocenters. The van der Waals surface area contributed by atoms with E-state index in [1.165, 1.54) is 11.1 Å². The van der Waals surface area contributed by atoms with Gasteiger partial charge in [-0.2, -0.15) is 0 Å². The molecule has 2 rings (SSSR count). The number of benzene rings is 1. The number of hydrogen-bond donors (Lipinski definition) is 1. The zero-order valence-corrected chi connectivity index (χ0v) is 11.6. The quantitative estimate of drug-likeness (QED) is 0.888. The van der Waals surface area contributed by atoms with Crippen molar-refractivity contribution in [2.75, 3.05) is 0 Å². The molecule has 1 unspecified atom stereocenters. The van der Waals surface area contributed by atoms with Crippen LogP contribution in [0.25, 0.3) is 0 Å². The Hall–Kier alpha value is -1.67. The fourth-order valence-corrected chi connectivity index (χ4v) is 2.14. The van der Waals surface area contributed by atoms with Gasteiger partial charge in [0.1, 0.15) is 0 Å². The van der Waals surface area contributed by atoms with Gasteiger partial charge in [0.15, 0.2) is 0 Å². The monoisotopic (exact) mass is 255 g/mol. The molecule has 0 radical (unpaired) electrons. The minimum Gasteiger partial charge on any atom is -0.392 e. The van der Waals surface area contributed by atoms with Crippen molar-refractivity contribution in [1.29, 1.82) is 0 Å². The van der Waals surface area contributed by atoms with Crippen LogP contribution in [0.5, 0.6) is 0 Å². The van der Waals surface area contributed by atoms with Crippen LogP contribution in [0.1, 0.15) is 36.6 Å². The predicted octanol–water partition coefficient (Wildman–Crippen LogP) is 3.35. The molecule has 19 heavy (non-hydrogen) atoms. The van der Waals surface area contributed by atoms with Gasteiger partial charge in [-0.1, -0.05) is 44.2 Å². The molecular weight excluding hydrogens is 234 g/mol. The topological polar surface area (TPSA) is 33.1 Å². The van der Waals surface area contributed by atoms with E-state index in [1.54, 1.807) is 6.20 Å². The maximum atomic E-state index is 10.1. The molecule has 2 aromatic rings. The molecule has 2 heteroatoms. The van der Waals surface area contributed by atoms with E-state index in [0.717, 1.165) is 5.69 Å². The highest BCUT2D eigenvalue weighted by molar-refractivity contribution is 5.25. The third-order valence-corrected chi connectivity index (χ3v) is 3.29. The highest BCUT2D eigenvalue weighted by Gasteiger charge is 2.08. The van der Waals surface area contributed by atoms with Crippen LogP contribution in [0.3, 0.4) is 0 Å². The van der Waals surface area contributed by atoms with Crippen molar-refractivity contribution in [3.63, 3.8) is 0 Å². The van der Waals surface area contributed by atoms with E-state index in [-0.39, 0.29) is 6.10 Å². The Morgan fingerprint density at radius 1 is 1.00 bits per heavy atom. The minimum atomic E-state index is -0.375. The Morgan fingerprint density at radius 2 is 1.74 bits per heavy atom. The summed E-state index contributed by atoms with van der Waals surface area (Å²) in [5.74, 6) is 0.549. The summed E-state index contributed by atoms with van der Waals surface area (Å²) in [7, 11) is 0. The van der Waals surface area contributed by atoms with Gasteiger partial charge in [0.2, 0.25) is 0 Å². The van der Waals surface area contributed by atoms with Crippen LogP contribution in [0.15, 0.2) is 48.7 Å². The van der Waals surface area contributed by atoms with Crippen molar-refractivity contribution in [3.05, 3.63) is 65.5 Å². The lowest BCUT2D eigenvalue weighted by atomic mass is 9.98. The molecule has 1 N–H and O–H groups in total. The third-order valence-electron chi connectivity index (χ3n) is 3.29. The Bertz CT molecular complexity index is 490. The number of rotatable bonds is 5. The van der Waals surface area contributed by atoms with Gasteiger partial charge in [0.25, 0.3) is 0 Å². The number of aliphatic hydroxyl groups is 1. The minimum absolute atomic E-state index is 0.375. The average Bonchev–Trinajstić information content (AvgIpc) is 2.40. The van der Waals surface area contributed by atoms with E-state index in [2.05, 4.69) is 43.1 Å².